The fourth-order valence-corrected chi connectivity index (χ4v) is 5.09. The lowest BCUT2D eigenvalue weighted by Gasteiger charge is -2.29. The Balaban J connectivity index is 1.52. The zero-order valence-electron chi connectivity index (χ0n) is 17.5. The molecule has 0 unspecified atom stereocenters. The summed E-state index contributed by atoms with van der Waals surface area (Å²) in [5, 5.41) is 2.98. The van der Waals surface area contributed by atoms with E-state index in [1.54, 1.807) is 12.1 Å². The summed E-state index contributed by atoms with van der Waals surface area (Å²) >= 11 is 0. The lowest BCUT2D eigenvalue weighted by atomic mass is 9.85. The average molecular weight is 464 g/mol. The molecule has 0 saturated heterocycles. The number of rotatable bonds is 6. The predicted molar refractivity (Wildman–Crippen MR) is 116 cm³/mol. The fourth-order valence-electron chi connectivity index (χ4n) is 3.78. The maximum atomic E-state index is 12.7. The van der Waals surface area contributed by atoms with Crippen LogP contribution in [0.1, 0.15) is 49.8 Å². The van der Waals surface area contributed by atoms with E-state index in [1.807, 2.05) is 19.1 Å². The van der Waals surface area contributed by atoms with Gasteiger partial charge in [0.25, 0.3) is 0 Å². The number of carbonyl (C=O) groups excluding carboxylic acids is 1. The van der Waals surface area contributed by atoms with Crippen LogP contribution in [0.3, 0.4) is 0 Å². The van der Waals surface area contributed by atoms with E-state index in [0.717, 1.165) is 29.8 Å². The van der Waals surface area contributed by atoms with Crippen LogP contribution >= 0.6 is 0 Å². The zero-order chi connectivity index (χ0) is 23.5. The van der Waals surface area contributed by atoms with E-state index < -0.39 is 21.8 Å². The van der Waals surface area contributed by atoms with E-state index in [0.29, 0.717) is 31.1 Å². The Labute approximate surface area is 187 Å². The Morgan fingerprint density at radius 1 is 1.00 bits per heavy atom. The molecule has 32 heavy (non-hydrogen) atoms. The van der Waals surface area contributed by atoms with Gasteiger partial charge in [-0.1, -0.05) is 29.7 Å². The standard InChI is InChI=1S/C22H24BF3N2O3S/c1-14(15-2-8-18(23)9-3-15)27-21(29)16-4-10-19(11-5-16)28-32(30,31)20-12-6-17(7-13-20)22(24,25)26/h2-3,6-9,12-14,16,19,28H,4-5,10-11H2,1H3,(H,27,29)/t14-,16?,19?/m1/s1. The quantitative estimate of drug-likeness (QED) is 0.645. The molecule has 2 aromatic rings. The Morgan fingerprint density at radius 2 is 1.56 bits per heavy atom. The molecule has 5 nitrogen and oxygen atoms in total. The minimum Gasteiger partial charge on any atom is -0.349 e. The van der Waals surface area contributed by atoms with Crippen molar-refractivity contribution in [3.05, 3.63) is 59.7 Å². The Kier molecular flexibility index (Phi) is 7.34. The Bertz CT molecular complexity index is 1030. The van der Waals surface area contributed by atoms with E-state index in [9.17, 15) is 26.4 Å². The largest absolute Gasteiger partial charge is 0.416 e. The van der Waals surface area contributed by atoms with Crippen LogP contribution in [0.2, 0.25) is 0 Å². The van der Waals surface area contributed by atoms with Crippen molar-refractivity contribution >= 4 is 29.2 Å². The van der Waals surface area contributed by atoms with Crippen LogP contribution in [0, 0.1) is 5.92 Å². The van der Waals surface area contributed by atoms with Gasteiger partial charge < -0.3 is 5.32 Å². The summed E-state index contributed by atoms with van der Waals surface area (Å²) in [6, 6.07) is 10.1. The molecule has 0 spiro atoms. The van der Waals surface area contributed by atoms with Crippen molar-refractivity contribution in [3.63, 3.8) is 0 Å². The second-order valence-electron chi connectivity index (χ2n) is 8.09. The molecule has 1 atom stereocenters. The molecule has 3 rings (SSSR count). The molecule has 0 heterocycles. The molecule has 2 N–H and O–H groups in total. The maximum Gasteiger partial charge on any atom is 0.416 e. The SMILES string of the molecule is [B]c1ccc([C@@H](C)NC(=O)C2CCC(NS(=O)(=O)c3ccc(C(F)(F)F)cc3)CC2)cc1. The van der Waals surface area contributed by atoms with Crippen LogP contribution in [0.4, 0.5) is 13.2 Å². The predicted octanol–water partition coefficient (Wildman–Crippen LogP) is 3.21. The number of alkyl halides is 3. The third-order valence-electron chi connectivity index (χ3n) is 5.71. The van der Waals surface area contributed by atoms with Crippen molar-refractivity contribution in [2.45, 2.75) is 55.8 Å². The monoisotopic (exact) mass is 464 g/mol. The molecule has 0 aromatic heterocycles. The number of hydrogen-bond acceptors (Lipinski definition) is 3. The highest BCUT2D eigenvalue weighted by molar-refractivity contribution is 7.89. The second-order valence-corrected chi connectivity index (χ2v) is 9.80. The van der Waals surface area contributed by atoms with Gasteiger partial charge in [-0.15, -0.1) is 0 Å². The van der Waals surface area contributed by atoms with Gasteiger partial charge >= 0.3 is 6.18 Å². The van der Waals surface area contributed by atoms with E-state index in [-0.39, 0.29) is 28.8 Å². The number of sulfonamides is 1. The lowest BCUT2D eigenvalue weighted by molar-refractivity contribution is -0.137. The Hall–Kier alpha value is -2.33. The van der Waals surface area contributed by atoms with Crippen molar-refractivity contribution in [1.29, 1.82) is 0 Å². The third kappa shape index (κ3) is 6.13. The van der Waals surface area contributed by atoms with Gasteiger partial charge in [-0.05, 0) is 62.4 Å². The first-order chi connectivity index (χ1) is 15.0. The summed E-state index contributed by atoms with van der Waals surface area (Å²) in [5.41, 5.74) is 0.672. The third-order valence-corrected chi connectivity index (χ3v) is 7.24. The van der Waals surface area contributed by atoms with Crippen LogP contribution in [0.25, 0.3) is 0 Å². The van der Waals surface area contributed by atoms with Crippen LogP contribution in [-0.2, 0) is 21.0 Å². The zero-order valence-corrected chi connectivity index (χ0v) is 18.3. The highest BCUT2D eigenvalue weighted by Crippen LogP contribution is 2.30. The molecule has 0 aliphatic heterocycles. The minimum absolute atomic E-state index is 0.0848. The summed E-state index contributed by atoms with van der Waals surface area (Å²) in [6.07, 6.45) is -2.57. The van der Waals surface area contributed by atoms with E-state index in [1.165, 1.54) is 0 Å². The fraction of sp³-hybridized carbons (Fsp3) is 0.409. The first-order valence-corrected chi connectivity index (χ1v) is 11.8. The average Bonchev–Trinajstić information content (AvgIpc) is 2.74. The molecule has 170 valence electrons. The number of amides is 1. The minimum atomic E-state index is -4.53. The first kappa shape index (κ1) is 24.3. The van der Waals surface area contributed by atoms with Crippen LogP contribution in [0.15, 0.2) is 53.4 Å². The normalized spacial score (nSPS) is 20.5. The van der Waals surface area contributed by atoms with E-state index in [4.69, 9.17) is 7.85 Å². The molecule has 1 aliphatic rings. The number of nitrogens with one attached hydrogen (secondary N) is 2. The highest BCUT2D eigenvalue weighted by Gasteiger charge is 2.32. The summed E-state index contributed by atoms with van der Waals surface area (Å²) in [5.74, 6) is -0.309. The molecular weight excluding hydrogens is 440 g/mol. The number of carbonyl (C=O) groups is 1. The summed E-state index contributed by atoms with van der Waals surface area (Å²) in [6.45, 7) is 1.88. The van der Waals surface area contributed by atoms with Gasteiger partial charge in [-0.25, -0.2) is 13.1 Å². The van der Waals surface area contributed by atoms with Crippen molar-refractivity contribution in [3.8, 4) is 0 Å². The molecule has 2 radical (unpaired) electrons. The molecule has 10 heteroatoms. The van der Waals surface area contributed by atoms with Crippen LogP contribution < -0.4 is 15.5 Å². The molecule has 0 bridgehead atoms. The van der Waals surface area contributed by atoms with Crippen molar-refractivity contribution in [2.75, 3.05) is 0 Å². The van der Waals surface area contributed by atoms with Gasteiger partial charge in [-0.3, -0.25) is 4.79 Å². The molecule has 1 amide bonds. The summed E-state index contributed by atoms with van der Waals surface area (Å²) in [7, 11) is 1.73. The summed E-state index contributed by atoms with van der Waals surface area (Å²) in [4.78, 5) is 12.4. The van der Waals surface area contributed by atoms with Gasteiger partial charge in [0.1, 0.15) is 7.85 Å². The molecule has 1 aliphatic carbocycles. The van der Waals surface area contributed by atoms with Crippen LogP contribution in [-0.4, -0.2) is 28.2 Å². The second kappa shape index (κ2) is 9.66. The van der Waals surface area contributed by atoms with E-state index in [2.05, 4.69) is 10.0 Å². The smallest absolute Gasteiger partial charge is 0.349 e. The lowest BCUT2D eigenvalue weighted by Crippen LogP contribution is -2.41. The number of benzene rings is 2. The number of halogens is 3. The first-order valence-electron chi connectivity index (χ1n) is 10.3. The van der Waals surface area contributed by atoms with E-state index >= 15 is 0 Å². The van der Waals surface area contributed by atoms with Gasteiger partial charge in [0.2, 0.25) is 15.9 Å². The van der Waals surface area contributed by atoms with Gasteiger partial charge in [0, 0.05) is 12.0 Å². The highest BCUT2D eigenvalue weighted by atomic mass is 32.2. The van der Waals surface area contributed by atoms with Gasteiger partial charge in [-0.2, -0.15) is 13.2 Å². The van der Waals surface area contributed by atoms with Gasteiger partial charge in [0.15, 0.2) is 0 Å². The molecule has 2 aromatic carbocycles. The maximum absolute atomic E-state index is 12.7. The Morgan fingerprint density at radius 3 is 2.09 bits per heavy atom. The van der Waals surface area contributed by atoms with Crippen molar-refractivity contribution < 1.29 is 26.4 Å². The topological polar surface area (TPSA) is 75.3 Å². The van der Waals surface area contributed by atoms with Crippen molar-refractivity contribution in [2.24, 2.45) is 5.92 Å². The van der Waals surface area contributed by atoms with Crippen LogP contribution in [0.5, 0.6) is 0 Å². The number of hydrogen-bond donors (Lipinski definition) is 2. The van der Waals surface area contributed by atoms with Gasteiger partial charge in [0.05, 0.1) is 16.5 Å². The molecule has 1 fully saturated rings. The van der Waals surface area contributed by atoms with Crippen molar-refractivity contribution in [1.82, 2.24) is 10.0 Å². The summed E-state index contributed by atoms with van der Waals surface area (Å²) < 4.78 is 65.6. The molecular formula is C22H24BF3N2O3S. The molecule has 1 saturated carbocycles.